The zero-order valence-electron chi connectivity index (χ0n) is 10.9. The normalized spacial score (nSPS) is 21.7. The summed E-state index contributed by atoms with van der Waals surface area (Å²) in [6.07, 6.45) is -3.30. The molecular formula is C10H17F3N2O4S. The van der Waals surface area contributed by atoms with Crippen LogP contribution in [0.5, 0.6) is 0 Å². The van der Waals surface area contributed by atoms with E-state index >= 15 is 0 Å². The van der Waals surface area contributed by atoms with Gasteiger partial charge in [0.1, 0.15) is 12.6 Å². The molecule has 1 aliphatic heterocycles. The molecule has 0 aromatic carbocycles. The van der Waals surface area contributed by atoms with Crippen molar-refractivity contribution in [3.05, 3.63) is 0 Å². The fourth-order valence-electron chi connectivity index (χ4n) is 1.92. The lowest BCUT2D eigenvalue weighted by atomic mass is 10.1. The van der Waals surface area contributed by atoms with Gasteiger partial charge in [-0.2, -0.15) is 30.6 Å². The lowest BCUT2D eigenvalue weighted by Gasteiger charge is -2.32. The van der Waals surface area contributed by atoms with Crippen LogP contribution in [0.1, 0.15) is 26.2 Å². The van der Waals surface area contributed by atoms with Crippen molar-refractivity contribution in [2.45, 2.75) is 38.4 Å². The molecule has 1 atom stereocenters. The van der Waals surface area contributed by atoms with E-state index in [2.05, 4.69) is 0 Å². The number of carbonyl (C=O) groups is 1. The molecule has 1 unspecified atom stereocenters. The highest BCUT2D eigenvalue weighted by molar-refractivity contribution is 7.87. The maximum Gasteiger partial charge on any atom is 0.402 e. The largest absolute Gasteiger partial charge is 0.465 e. The number of alkyl halides is 3. The Labute approximate surface area is 115 Å². The first-order chi connectivity index (χ1) is 9.17. The van der Waals surface area contributed by atoms with E-state index in [-0.39, 0.29) is 19.6 Å². The molecule has 1 aliphatic rings. The molecular weight excluding hydrogens is 301 g/mol. The van der Waals surface area contributed by atoms with Crippen LogP contribution in [0.4, 0.5) is 13.2 Å². The first-order valence-corrected chi connectivity index (χ1v) is 7.61. The van der Waals surface area contributed by atoms with Crippen LogP contribution in [-0.2, 0) is 19.7 Å². The van der Waals surface area contributed by atoms with Crippen LogP contribution in [0.3, 0.4) is 0 Å². The molecule has 1 N–H and O–H groups in total. The number of halogens is 3. The second kappa shape index (κ2) is 6.72. The van der Waals surface area contributed by atoms with E-state index in [9.17, 15) is 26.4 Å². The first kappa shape index (κ1) is 17.2. The van der Waals surface area contributed by atoms with Crippen molar-refractivity contribution in [2.75, 3.05) is 19.7 Å². The van der Waals surface area contributed by atoms with Gasteiger partial charge >= 0.3 is 12.1 Å². The number of nitrogens with one attached hydrogen (secondary N) is 1. The highest BCUT2D eigenvalue weighted by Crippen LogP contribution is 2.22. The smallest absolute Gasteiger partial charge is 0.402 e. The highest BCUT2D eigenvalue weighted by Gasteiger charge is 2.39. The van der Waals surface area contributed by atoms with Gasteiger partial charge < -0.3 is 4.74 Å². The quantitative estimate of drug-likeness (QED) is 0.761. The summed E-state index contributed by atoms with van der Waals surface area (Å²) in [5, 5.41) is 0. The number of hydrogen-bond donors (Lipinski definition) is 1. The highest BCUT2D eigenvalue weighted by atomic mass is 32.2. The summed E-state index contributed by atoms with van der Waals surface area (Å²) in [6.45, 7) is -0.0152. The Bertz CT molecular complexity index is 438. The van der Waals surface area contributed by atoms with Crippen molar-refractivity contribution in [1.29, 1.82) is 0 Å². The van der Waals surface area contributed by atoms with Crippen LogP contribution in [0, 0.1) is 0 Å². The van der Waals surface area contributed by atoms with Crippen LogP contribution in [0.2, 0.25) is 0 Å². The minimum Gasteiger partial charge on any atom is -0.465 e. The number of hydrogen-bond acceptors (Lipinski definition) is 4. The van der Waals surface area contributed by atoms with Gasteiger partial charge in [0.25, 0.3) is 10.2 Å². The third-order valence-electron chi connectivity index (χ3n) is 2.78. The van der Waals surface area contributed by atoms with Gasteiger partial charge in [-0.15, -0.1) is 0 Å². The molecule has 118 valence electrons. The molecule has 0 aromatic rings. The van der Waals surface area contributed by atoms with Crippen LogP contribution in [-0.4, -0.2) is 50.6 Å². The maximum absolute atomic E-state index is 12.1. The molecule has 6 nitrogen and oxygen atoms in total. The summed E-state index contributed by atoms with van der Waals surface area (Å²) >= 11 is 0. The SMILES string of the molecule is CCOC(=O)C1CCCCN1S(=O)(=O)NCC(F)(F)F. The molecule has 1 fully saturated rings. The monoisotopic (exact) mass is 318 g/mol. The Morgan fingerprint density at radius 2 is 2.05 bits per heavy atom. The van der Waals surface area contributed by atoms with E-state index < -0.39 is 34.9 Å². The topological polar surface area (TPSA) is 75.7 Å². The summed E-state index contributed by atoms with van der Waals surface area (Å²) in [4.78, 5) is 11.7. The van der Waals surface area contributed by atoms with Crippen LogP contribution < -0.4 is 4.72 Å². The second-order valence-corrected chi connectivity index (χ2v) is 6.02. The number of nitrogens with zero attached hydrogens (tertiary/aromatic N) is 1. The van der Waals surface area contributed by atoms with Crippen molar-refractivity contribution >= 4 is 16.2 Å². The Balaban J connectivity index is 2.80. The predicted molar refractivity (Wildman–Crippen MR) is 64.0 cm³/mol. The van der Waals surface area contributed by atoms with Crippen molar-refractivity contribution in [3.63, 3.8) is 0 Å². The lowest BCUT2D eigenvalue weighted by Crippen LogP contribution is -2.53. The Morgan fingerprint density at radius 1 is 1.40 bits per heavy atom. The second-order valence-electron chi connectivity index (χ2n) is 4.32. The van der Waals surface area contributed by atoms with E-state index in [0.29, 0.717) is 12.8 Å². The van der Waals surface area contributed by atoms with Crippen molar-refractivity contribution in [2.24, 2.45) is 0 Å². The molecule has 0 amide bonds. The van der Waals surface area contributed by atoms with Gasteiger partial charge in [0.05, 0.1) is 6.61 Å². The van der Waals surface area contributed by atoms with Crippen LogP contribution in [0.15, 0.2) is 0 Å². The summed E-state index contributed by atoms with van der Waals surface area (Å²) in [7, 11) is -4.37. The molecule has 0 saturated carbocycles. The average molecular weight is 318 g/mol. The summed E-state index contributed by atoms with van der Waals surface area (Å²) in [6, 6.07) is -1.06. The molecule has 1 rings (SSSR count). The zero-order chi connectivity index (χ0) is 15.4. The minimum absolute atomic E-state index is 0.00330. The third kappa shape index (κ3) is 4.91. The average Bonchev–Trinajstić information content (AvgIpc) is 2.36. The summed E-state index contributed by atoms with van der Waals surface area (Å²) < 4.78 is 67.0. The zero-order valence-corrected chi connectivity index (χ0v) is 11.8. The Morgan fingerprint density at radius 3 is 2.60 bits per heavy atom. The predicted octanol–water partition coefficient (Wildman–Crippen LogP) is 0.801. The molecule has 0 spiro atoms. The number of esters is 1. The molecule has 0 aromatic heterocycles. The molecule has 0 bridgehead atoms. The lowest BCUT2D eigenvalue weighted by molar-refractivity contribution is -0.148. The molecule has 0 aliphatic carbocycles. The number of piperidine rings is 1. The minimum atomic E-state index is -4.65. The van der Waals surface area contributed by atoms with Gasteiger partial charge in [0.15, 0.2) is 0 Å². The van der Waals surface area contributed by atoms with Crippen molar-refractivity contribution < 1.29 is 31.1 Å². The Kier molecular flexibility index (Phi) is 5.78. The van der Waals surface area contributed by atoms with E-state index in [1.807, 2.05) is 0 Å². The third-order valence-corrected chi connectivity index (χ3v) is 4.34. The Hall–Kier alpha value is -0.870. The van der Waals surface area contributed by atoms with Gasteiger partial charge in [0, 0.05) is 6.54 Å². The van der Waals surface area contributed by atoms with Gasteiger partial charge in [-0.05, 0) is 26.2 Å². The standard InChI is InChI=1S/C10H17F3N2O4S/c1-2-19-9(16)8-5-3-4-6-15(8)20(17,18)14-7-10(11,12)13/h8,14H,2-7H2,1H3. The fraction of sp³-hybridized carbons (Fsp3) is 0.900. The molecule has 10 heteroatoms. The van der Waals surface area contributed by atoms with Gasteiger partial charge in [-0.1, -0.05) is 0 Å². The number of carbonyl (C=O) groups excluding carboxylic acids is 1. The van der Waals surface area contributed by atoms with Gasteiger partial charge in [-0.3, -0.25) is 4.79 Å². The van der Waals surface area contributed by atoms with Crippen LogP contribution >= 0.6 is 0 Å². The maximum atomic E-state index is 12.1. The van der Waals surface area contributed by atoms with Crippen LogP contribution in [0.25, 0.3) is 0 Å². The summed E-state index contributed by atoms with van der Waals surface area (Å²) in [5.41, 5.74) is 0. The van der Waals surface area contributed by atoms with E-state index in [4.69, 9.17) is 4.74 Å². The van der Waals surface area contributed by atoms with E-state index in [1.54, 1.807) is 6.92 Å². The number of rotatable bonds is 5. The van der Waals surface area contributed by atoms with Crippen molar-refractivity contribution in [1.82, 2.24) is 9.03 Å². The fourth-order valence-corrected chi connectivity index (χ4v) is 3.33. The molecule has 1 saturated heterocycles. The summed E-state index contributed by atoms with van der Waals surface area (Å²) in [5.74, 6) is -0.732. The molecule has 1 heterocycles. The molecule has 0 radical (unpaired) electrons. The molecule has 20 heavy (non-hydrogen) atoms. The first-order valence-electron chi connectivity index (χ1n) is 6.17. The number of ether oxygens (including phenoxy) is 1. The van der Waals surface area contributed by atoms with Crippen molar-refractivity contribution in [3.8, 4) is 0 Å². The van der Waals surface area contributed by atoms with E-state index in [0.717, 1.165) is 4.31 Å². The van der Waals surface area contributed by atoms with Gasteiger partial charge in [-0.25, -0.2) is 0 Å². The van der Waals surface area contributed by atoms with E-state index in [1.165, 1.54) is 4.72 Å². The van der Waals surface area contributed by atoms with Gasteiger partial charge in [0.2, 0.25) is 0 Å².